The predicted octanol–water partition coefficient (Wildman–Crippen LogP) is 2.12. The van der Waals surface area contributed by atoms with Gasteiger partial charge in [-0.25, -0.2) is 4.39 Å². The van der Waals surface area contributed by atoms with E-state index < -0.39 is 12.0 Å². The molecule has 1 unspecified atom stereocenters. The second-order valence-electron chi connectivity index (χ2n) is 4.14. The number of carbonyl (C=O) groups excluding carboxylic acids is 1. The summed E-state index contributed by atoms with van der Waals surface area (Å²) in [5, 5.41) is 11.3. The van der Waals surface area contributed by atoms with Crippen LogP contribution in [-0.2, 0) is 4.79 Å². The number of carboxylic acids is 1. The minimum absolute atomic E-state index is 0.123. The summed E-state index contributed by atoms with van der Waals surface area (Å²) in [4.78, 5) is 22.4. The van der Waals surface area contributed by atoms with Crippen LogP contribution in [0.1, 0.15) is 35.7 Å². The summed E-state index contributed by atoms with van der Waals surface area (Å²) >= 11 is 0. The fourth-order valence-electron chi connectivity index (χ4n) is 1.56. The summed E-state index contributed by atoms with van der Waals surface area (Å²) in [6.45, 7) is 3.37. The third kappa shape index (κ3) is 3.84. The molecular formula is C13H16FNO3. The Labute approximate surface area is 105 Å². The average Bonchev–Trinajstić information content (AvgIpc) is 2.31. The molecular weight excluding hydrogens is 237 g/mol. The lowest BCUT2D eigenvalue weighted by Gasteiger charge is -2.15. The number of benzene rings is 1. The number of aliphatic carboxylic acids is 1. The van der Waals surface area contributed by atoms with Crippen LogP contribution < -0.4 is 5.32 Å². The highest BCUT2D eigenvalue weighted by molar-refractivity contribution is 5.94. The van der Waals surface area contributed by atoms with E-state index in [1.165, 1.54) is 18.2 Å². The van der Waals surface area contributed by atoms with E-state index in [4.69, 9.17) is 5.11 Å². The van der Waals surface area contributed by atoms with Crippen molar-refractivity contribution < 1.29 is 19.1 Å². The van der Waals surface area contributed by atoms with E-state index in [1.807, 2.05) is 0 Å². The lowest BCUT2D eigenvalue weighted by molar-refractivity contribution is -0.137. The van der Waals surface area contributed by atoms with Crippen LogP contribution in [0.15, 0.2) is 18.2 Å². The van der Waals surface area contributed by atoms with Crippen molar-refractivity contribution in [3.8, 4) is 0 Å². The van der Waals surface area contributed by atoms with Crippen molar-refractivity contribution in [2.75, 3.05) is 0 Å². The van der Waals surface area contributed by atoms with Gasteiger partial charge in [0.1, 0.15) is 5.82 Å². The zero-order valence-corrected chi connectivity index (χ0v) is 10.4. The Morgan fingerprint density at radius 2 is 2.11 bits per heavy atom. The van der Waals surface area contributed by atoms with Crippen LogP contribution in [0.4, 0.5) is 4.39 Å². The van der Waals surface area contributed by atoms with E-state index in [0.717, 1.165) is 0 Å². The summed E-state index contributed by atoms with van der Waals surface area (Å²) in [6, 6.07) is 3.63. The first kappa shape index (κ1) is 14.2. The van der Waals surface area contributed by atoms with Crippen molar-refractivity contribution in [2.45, 2.75) is 32.7 Å². The number of rotatable bonds is 5. The Hall–Kier alpha value is -1.91. The van der Waals surface area contributed by atoms with Crippen molar-refractivity contribution in [1.29, 1.82) is 0 Å². The molecule has 5 heteroatoms. The van der Waals surface area contributed by atoms with Gasteiger partial charge in [-0.15, -0.1) is 0 Å². The molecule has 0 spiro atoms. The van der Waals surface area contributed by atoms with Gasteiger partial charge in [0.15, 0.2) is 0 Å². The van der Waals surface area contributed by atoms with Gasteiger partial charge in [-0.2, -0.15) is 0 Å². The lowest BCUT2D eigenvalue weighted by Crippen LogP contribution is -2.36. The number of aryl methyl sites for hydroxylation is 1. The third-order valence-corrected chi connectivity index (χ3v) is 2.67. The molecule has 1 rings (SSSR count). The highest BCUT2D eigenvalue weighted by Crippen LogP contribution is 2.10. The van der Waals surface area contributed by atoms with Gasteiger partial charge in [-0.05, 0) is 37.1 Å². The molecule has 0 saturated carbocycles. The molecule has 1 amide bonds. The standard InChI is InChI=1S/C13H16FNO3/c1-3-10(7-12(16)17)15-13(18)9-4-5-11(14)8(2)6-9/h4-6,10H,3,7H2,1-2H3,(H,15,18)(H,16,17). The zero-order chi connectivity index (χ0) is 13.7. The number of amides is 1. The molecule has 0 aliphatic heterocycles. The molecule has 0 aliphatic carbocycles. The number of hydrogen-bond acceptors (Lipinski definition) is 2. The van der Waals surface area contributed by atoms with Crippen LogP contribution >= 0.6 is 0 Å². The molecule has 1 atom stereocenters. The van der Waals surface area contributed by atoms with E-state index in [1.54, 1.807) is 13.8 Å². The molecule has 98 valence electrons. The largest absolute Gasteiger partial charge is 0.481 e. The van der Waals surface area contributed by atoms with Crippen molar-refractivity contribution in [3.63, 3.8) is 0 Å². The molecule has 0 bridgehead atoms. The number of halogens is 1. The number of carboxylic acid groups (broad SMARTS) is 1. The van der Waals surface area contributed by atoms with Gasteiger partial charge in [0.05, 0.1) is 6.42 Å². The predicted molar refractivity (Wildman–Crippen MR) is 64.9 cm³/mol. The second kappa shape index (κ2) is 6.14. The first-order valence-electron chi connectivity index (χ1n) is 5.72. The van der Waals surface area contributed by atoms with Crippen LogP contribution in [0, 0.1) is 12.7 Å². The van der Waals surface area contributed by atoms with Gasteiger partial charge in [0.2, 0.25) is 0 Å². The number of hydrogen-bond donors (Lipinski definition) is 2. The van der Waals surface area contributed by atoms with E-state index in [2.05, 4.69) is 5.32 Å². The van der Waals surface area contributed by atoms with Crippen molar-refractivity contribution in [1.82, 2.24) is 5.32 Å². The number of nitrogens with one attached hydrogen (secondary N) is 1. The average molecular weight is 253 g/mol. The minimum atomic E-state index is -0.961. The zero-order valence-electron chi connectivity index (χ0n) is 10.4. The molecule has 1 aromatic carbocycles. The van der Waals surface area contributed by atoms with Crippen LogP contribution in [-0.4, -0.2) is 23.0 Å². The second-order valence-corrected chi connectivity index (χ2v) is 4.14. The highest BCUT2D eigenvalue weighted by atomic mass is 19.1. The molecule has 0 fully saturated rings. The topological polar surface area (TPSA) is 66.4 Å². The summed E-state index contributed by atoms with van der Waals surface area (Å²) in [5.74, 6) is -1.72. The van der Waals surface area contributed by atoms with Crippen molar-refractivity contribution in [3.05, 3.63) is 35.1 Å². The quantitative estimate of drug-likeness (QED) is 0.844. The normalized spacial score (nSPS) is 11.9. The molecule has 0 heterocycles. The fourth-order valence-corrected chi connectivity index (χ4v) is 1.56. The first-order valence-corrected chi connectivity index (χ1v) is 5.72. The fraction of sp³-hybridized carbons (Fsp3) is 0.385. The Morgan fingerprint density at radius 3 is 2.61 bits per heavy atom. The molecule has 0 saturated heterocycles. The third-order valence-electron chi connectivity index (χ3n) is 2.67. The van der Waals surface area contributed by atoms with E-state index >= 15 is 0 Å². The maximum absolute atomic E-state index is 13.1. The highest BCUT2D eigenvalue weighted by Gasteiger charge is 2.15. The molecule has 0 aromatic heterocycles. The Bertz CT molecular complexity index is 460. The SMILES string of the molecule is CCC(CC(=O)O)NC(=O)c1ccc(F)c(C)c1. The van der Waals surface area contributed by atoms with Crippen LogP contribution in [0.3, 0.4) is 0 Å². The van der Waals surface area contributed by atoms with Gasteiger partial charge in [0, 0.05) is 11.6 Å². The summed E-state index contributed by atoms with van der Waals surface area (Å²) < 4.78 is 13.1. The minimum Gasteiger partial charge on any atom is -0.481 e. The maximum Gasteiger partial charge on any atom is 0.305 e. The molecule has 18 heavy (non-hydrogen) atoms. The summed E-state index contributed by atoms with van der Waals surface area (Å²) in [5.41, 5.74) is 0.715. The summed E-state index contributed by atoms with van der Waals surface area (Å²) in [6.07, 6.45) is 0.403. The maximum atomic E-state index is 13.1. The van der Waals surface area contributed by atoms with E-state index in [0.29, 0.717) is 17.5 Å². The molecule has 2 N–H and O–H groups in total. The molecule has 0 aliphatic rings. The number of carbonyl (C=O) groups is 2. The van der Waals surface area contributed by atoms with Gasteiger partial charge in [0.25, 0.3) is 5.91 Å². The van der Waals surface area contributed by atoms with Gasteiger partial charge in [-0.1, -0.05) is 6.92 Å². The van der Waals surface area contributed by atoms with Crippen molar-refractivity contribution >= 4 is 11.9 Å². The molecule has 4 nitrogen and oxygen atoms in total. The van der Waals surface area contributed by atoms with E-state index in [9.17, 15) is 14.0 Å². The molecule has 0 radical (unpaired) electrons. The van der Waals surface area contributed by atoms with Crippen LogP contribution in [0.2, 0.25) is 0 Å². The molecule has 1 aromatic rings. The van der Waals surface area contributed by atoms with Gasteiger partial charge in [-0.3, -0.25) is 9.59 Å². The van der Waals surface area contributed by atoms with Gasteiger partial charge < -0.3 is 10.4 Å². The smallest absolute Gasteiger partial charge is 0.305 e. The lowest BCUT2D eigenvalue weighted by atomic mass is 10.1. The Morgan fingerprint density at radius 1 is 1.44 bits per heavy atom. The van der Waals surface area contributed by atoms with E-state index in [-0.39, 0.29) is 18.1 Å². The van der Waals surface area contributed by atoms with Crippen molar-refractivity contribution in [2.24, 2.45) is 0 Å². The van der Waals surface area contributed by atoms with Gasteiger partial charge >= 0.3 is 5.97 Å². The Balaban J connectivity index is 2.74. The Kier molecular flexibility index (Phi) is 4.83. The van der Waals surface area contributed by atoms with Crippen LogP contribution in [0.25, 0.3) is 0 Å². The monoisotopic (exact) mass is 253 g/mol. The summed E-state index contributed by atoms with van der Waals surface area (Å²) in [7, 11) is 0. The first-order chi connectivity index (χ1) is 8.43. The van der Waals surface area contributed by atoms with Crippen LogP contribution in [0.5, 0.6) is 0 Å².